The number of hydrogen-bond acceptors (Lipinski definition) is 1. The highest BCUT2D eigenvalue weighted by Gasteiger charge is 2.06. The second-order valence-electron chi connectivity index (χ2n) is 4.74. The number of aryl methyl sites for hydroxylation is 1. The molecule has 0 aliphatic rings. The molecule has 0 aliphatic heterocycles. The third-order valence-corrected chi connectivity index (χ3v) is 3.78. The van der Waals surface area contributed by atoms with Crippen molar-refractivity contribution in [3.8, 4) is 0 Å². The lowest BCUT2D eigenvalue weighted by atomic mass is 10.1. The average molecular weight is 349 g/mol. The van der Waals surface area contributed by atoms with Crippen molar-refractivity contribution in [1.82, 2.24) is 5.32 Å². The fourth-order valence-electron chi connectivity index (χ4n) is 1.84. The molecule has 4 heteroatoms. The van der Waals surface area contributed by atoms with E-state index in [2.05, 4.69) is 64.7 Å². The topological polar surface area (TPSA) is 24.1 Å². The fourth-order valence-corrected chi connectivity index (χ4v) is 2.39. The van der Waals surface area contributed by atoms with E-state index in [0.717, 1.165) is 10.2 Å². The Labute approximate surface area is 133 Å². The van der Waals surface area contributed by atoms with E-state index in [1.165, 1.54) is 11.1 Å². The average Bonchev–Trinajstić information content (AvgIpc) is 2.42. The number of halogens is 1. The lowest BCUT2D eigenvalue weighted by Crippen LogP contribution is -2.30. The minimum Gasteiger partial charge on any atom is -0.356 e. The molecule has 2 N–H and O–H groups in total. The molecule has 0 saturated carbocycles. The van der Waals surface area contributed by atoms with Gasteiger partial charge in [-0.2, -0.15) is 0 Å². The molecule has 1 atom stereocenters. The minimum absolute atomic E-state index is 0.161. The number of thiocarbonyl (C=S) groups is 1. The quantitative estimate of drug-likeness (QED) is 0.778. The largest absolute Gasteiger partial charge is 0.356 e. The predicted octanol–water partition coefficient (Wildman–Crippen LogP) is 4.81. The Hall–Kier alpha value is -1.39. The molecule has 0 bridgehead atoms. The van der Waals surface area contributed by atoms with Gasteiger partial charge in [-0.3, -0.25) is 0 Å². The molecule has 0 radical (unpaired) electrons. The molecule has 2 aromatic carbocycles. The molecular formula is C16H17BrN2S. The van der Waals surface area contributed by atoms with Crippen LogP contribution in [0.3, 0.4) is 0 Å². The van der Waals surface area contributed by atoms with Gasteiger partial charge < -0.3 is 10.6 Å². The Bertz CT molecular complexity index is 578. The van der Waals surface area contributed by atoms with Gasteiger partial charge in [-0.1, -0.05) is 45.8 Å². The number of rotatable bonds is 3. The van der Waals surface area contributed by atoms with Gasteiger partial charge in [0.15, 0.2) is 5.11 Å². The second-order valence-corrected chi connectivity index (χ2v) is 6.06. The molecule has 104 valence electrons. The van der Waals surface area contributed by atoms with Gasteiger partial charge in [-0.05, 0) is 55.9 Å². The Morgan fingerprint density at radius 1 is 1.05 bits per heavy atom. The summed E-state index contributed by atoms with van der Waals surface area (Å²) in [6.07, 6.45) is 0. The van der Waals surface area contributed by atoms with Crippen molar-refractivity contribution >= 4 is 38.9 Å². The van der Waals surface area contributed by atoms with Gasteiger partial charge in [-0.15, -0.1) is 0 Å². The Kier molecular flexibility index (Phi) is 5.15. The lowest BCUT2D eigenvalue weighted by molar-refractivity contribution is 0.722. The normalized spacial score (nSPS) is 11.8. The van der Waals surface area contributed by atoms with E-state index >= 15 is 0 Å². The number of anilines is 1. The van der Waals surface area contributed by atoms with Crippen molar-refractivity contribution in [2.24, 2.45) is 0 Å². The van der Waals surface area contributed by atoms with Crippen molar-refractivity contribution in [3.05, 3.63) is 64.1 Å². The Morgan fingerprint density at radius 2 is 1.65 bits per heavy atom. The first-order valence-corrected chi connectivity index (χ1v) is 7.64. The summed E-state index contributed by atoms with van der Waals surface area (Å²) in [6.45, 7) is 4.16. The first kappa shape index (κ1) is 15.0. The van der Waals surface area contributed by atoms with Crippen LogP contribution in [0.5, 0.6) is 0 Å². The molecule has 0 aromatic heterocycles. The van der Waals surface area contributed by atoms with Crippen molar-refractivity contribution in [1.29, 1.82) is 0 Å². The van der Waals surface area contributed by atoms with Gasteiger partial charge in [-0.25, -0.2) is 0 Å². The lowest BCUT2D eigenvalue weighted by Gasteiger charge is -2.17. The standard InChI is InChI=1S/C16H17BrN2S/c1-11-3-9-15(10-4-11)19-16(20)18-12(2)13-5-7-14(17)8-6-13/h3-10,12H,1-2H3,(H2,18,19,20)/t12-/m1/s1. The van der Waals surface area contributed by atoms with Crippen molar-refractivity contribution in [2.75, 3.05) is 5.32 Å². The summed E-state index contributed by atoms with van der Waals surface area (Å²) in [6, 6.07) is 16.5. The van der Waals surface area contributed by atoms with Crippen LogP contribution in [0.15, 0.2) is 53.0 Å². The SMILES string of the molecule is Cc1ccc(NC(=S)N[C@H](C)c2ccc(Br)cc2)cc1. The van der Waals surface area contributed by atoms with Crippen LogP contribution in [-0.4, -0.2) is 5.11 Å². The zero-order chi connectivity index (χ0) is 14.5. The Balaban J connectivity index is 1.93. The molecule has 0 heterocycles. The fraction of sp³-hybridized carbons (Fsp3) is 0.188. The van der Waals surface area contributed by atoms with Crippen LogP contribution in [0, 0.1) is 6.92 Å². The van der Waals surface area contributed by atoms with Gasteiger partial charge in [0.2, 0.25) is 0 Å². The first-order chi connectivity index (χ1) is 9.54. The van der Waals surface area contributed by atoms with E-state index in [-0.39, 0.29) is 6.04 Å². The molecule has 0 amide bonds. The molecule has 2 aromatic rings. The molecule has 0 fully saturated rings. The summed E-state index contributed by atoms with van der Waals surface area (Å²) in [5.41, 5.74) is 3.43. The van der Waals surface area contributed by atoms with Crippen molar-refractivity contribution in [3.63, 3.8) is 0 Å². The third-order valence-electron chi connectivity index (χ3n) is 3.03. The summed E-state index contributed by atoms with van der Waals surface area (Å²) in [5, 5.41) is 7.10. The number of nitrogens with one attached hydrogen (secondary N) is 2. The molecule has 2 rings (SSSR count). The summed E-state index contributed by atoms with van der Waals surface area (Å²) < 4.78 is 1.08. The van der Waals surface area contributed by atoms with Crippen LogP contribution in [0.2, 0.25) is 0 Å². The van der Waals surface area contributed by atoms with Crippen molar-refractivity contribution in [2.45, 2.75) is 19.9 Å². The van der Waals surface area contributed by atoms with Crippen LogP contribution < -0.4 is 10.6 Å². The zero-order valence-corrected chi connectivity index (χ0v) is 13.9. The maximum atomic E-state index is 5.34. The Morgan fingerprint density at radius 3 is 2.25 bits per heavy atom. The van der Waals surface area contributed by atoms with Crippen LogP contribution in [0.1, 0.15) is 24.1 Å². The van der Waals surface area contributed by atoms with Gasteiger partial charge in [0.05, 0.1) is 6.04 Å². The van der Waals surface area contributed by atoms with Gasteiger partial charge >= 0.3 is 0 Å². The minimum atomic E-state index is 0.161. The molecule has 0 saturated heterocycles. The summed E-state index contributed by atoms with van der Waals surface area (Å²) in [7, 11) is 0. The second kappa shape index (κ2) is 6.86. The van der Waals surface area contributed by atoms with E-state index in [1.54, 1.807) is 0 Å². The summed E-state index contributed by atoms with van der Waals surface area (Å²) in [5.74, 6) is 0. The zero-order valence-electron chi connectivity index (χ0n) is 11.5. The highest BCUT2D eigenvalue weighted by Crippen LogP contribution is 2.17. The van der Waals surface area contributed by atoms with E-state index in [1.807, 2.05) is 24.3 Å². The highest BCUT2D eigenvalue weighted by molar-refractivity contribution is 9.10. The van der Waals surface area contributed by atoms with Crippen LogP contribution in [-0.2, 0) is 0 Å². The molecule has 0 spiro atoms. The predicted molar refractivity (Wildman–Crippen MR) is 93.1 cm³/mol. The smallest absolute Gasteiger partial charge is 0.171 e. The highest BCUT2D eigenvalue weighted by atomic mass is 79.9. The van der Waals surface area contributed by atoms with E-state index in [4.69, 9.17) is 12.2 Å². The molecule has 2 nitrogen and oxygen atoms in total. The summed E-state index contributed by atoms with van der Waals surface area (Å²) in [4.78, 5) is 0. The van der Waals surface area contributed by atoms with E-state index in [9.17, 15) is 0 Å². The third kappa shape index (κ3) is 4.32. The maximum Gasteiger partial charge on any atom is 0.171 e. The van der Waals surface area contributed by atoms with Crippen LogP contribution >= 0.6 is 28.1 Å². The molecule has 0 unspecified atom stereocenters. The monoisotopic (exact) mass is 348 g/mol. The van der Waals surface area contributed by atoms with Crippen LogP contribution in [0.4, 0.5) is 5.69 Å². The molecule has 20 heavy (non-hydrogen) atoms. The molecular weight excluding hydrogens is 332 g/mol. The van der Waals surface area contributed by atoms with Crippen molar-refractivity contribution < 1.29 is 0 Å². The first-order valence-electron chi connectivity index (χ1n) is 6.44. The van der Waals surface area contributed by atoms with E-state index in [0.29, 0.717) is 5.11 Å². The van der Waals surface area contributed by atoms with Gasteiger partial charge in [0.1, 0.15) is 0 Å². The van der Waals surface area contributed by atoms with Gasteiger partial charge in [0.25, 0.3) is 0 Å². The maximum absolute atomic E-state index is 5.34. The van der Waals surface area contributed by atoms with Crippen LogP contribution in [0.25, 0.3) is 0 Å². The van der Waals surface area contributed by atoms with E-state index < -0.39 is 0 Å². The molecule has 0 aliphatic carbocycles. The summed E-state index contributed by atoms with van der Waals surface area (Å²) >= 11 is 8.78. The number of hydrogen-bond donors (Lipinski definition) is 2. The van der Waals surface area contributed by atoms with Gasteiger partial charge in [0, 0.05) is 10.2 Å². The number of benzene rings is 2.